The first-order valence-corrected chi connectivity index (χ1v) is 9.23. The highest BCUT2D eigenvalue weighted by Crippen LogP contribution is 2.35. The van der Waals surface area contributed by atoms with Crippen LogP contribution in [0, 0.1) is 5.41 Å². The molecule has 3 N–H and O–H groups in total. The number of carbonyl (C=O) groups is 2. The van der Waals surface area contributed by atoms with Crippen LogP contribution in [-0.2, 0) is 4.79 Å². The Hall–Kier alpha value is -2.51. The van der Waals surface area contributed by atoms with Gasteiger partial charge in [0, 0.05) is 44.6 Å². The Balaban J connectivity index is 1.54. The third-order valence-electron chi connectivity index (χ3n) is 4.90. The maximum absolute atomic E-state index is 11.9. The molecule has 0 saturated carbocycles. The Morgan fingerprint density at radius 1 is 1.46 bits per heavy atom. The molecule has 0 aliphatic carbocycles. The highest BCUT2D eigenvalue weighted by molar-refractivity contribution is 5.91. The third kappa shape index (κ3) is 4.36. The van der Waals surface area contributed by atoms with Crippen molar-refractivity contribution in [3.05, 3.63) is 24.2 Å². The number of amides is 2. The normalized spacial score (nSPS) is 23.2. The number of carbonyl (C=O) groups excluding carboxylic acids is 2. The molecule has 1 aromatic rings. The van der Waals surface area contributed by atoms with Gasteiger partial charge in [0.25, 0.3) is 5.91 Å². The van der Waals surface area contributed by atoms with E-state index in [1.165, 1.54) is 6.26 Å². The molecule has 2 amide bonds. The largest absolute Gasteiger partial charge is 0.459 e. The quantitative estimate of drug-likeness (QED) is 0.405. The number of aliphatic imine (C=N–C) groups is 1. The molecular weight excluding hydrogens is 334 g/mol. The van der Waals surface area contributed by atoms with Crippen molar-refractivity contribution in [3.8, 4) is 0 Å². The maximum Gasteiger partial charge on any atom is 0.287 e. The van der Waals surface area contributed by atoms with Crippen LogP contribution in [0.3, 0.4) is 0 Å². The predicted octanol–water partition coefficient (Wildman–Crippen LogP) is 0.577. The Labute approximate surface area is 153 Å². The molecule has 2 saturated heterocycles. The highest BCUT2D eigenvalue weighted by Gasteiger charge is 2.42. The predicted molar refractivity (Wildman–Crippen MR) is 97.9 cm³/mol. The van der Waals surface area contributed by atoms with Crippen molar-refractivity contribution < 1.29 is 14.0 Å². The van der Waals surface area contributed by atoms with E-state index >= 15 is 0 Å². The third-order valence-corrected chi connectivity index (χ3v) is 4.90. The lowest BCUT2D eigenvalue weighted by Crippen LogP contribution is -2.51. The molecule has 0 aromatic carbocycles. The summed E-state index contributed by atoms with van der Waals surface area (Å²) in [6, 6.07) is 3.32. The van der Waals surface area contributed by atoms with E-state index in [2.05, 4.69) is 25.8 Å². The van der Waals surface area contributed by atoms with Gasteiger partial charge >= 0.3 is 0 Å². The topological polar surface area (TPSA) is 99.0 Å². The SMILES string of the molecule is CCNC(=NCCNC(=O)c1ccco1)N1CCCC2(CNC(=O)C2)C1. The minimum atomic E-state index is -0.234. The first-order chi connectivity index (χ1) is 12.6. The Morgan fingerprint density at radius 3 is 3.04 bits per heavy atom. The molecule has 2 aliphatic heterocycles. The van der Waals surface area contributed by atoms with Crippen molar-refractivity contribution >= 4 is 17.8 Å². The van der Waals surface area contributed by atoms with Crippen LogP contribution in [0.1, 0.15) is 36.7 Å². The molecule has 0 bridgehead atoms. The summed E-state index contributed by atoms with van der Waals surface area (Å²) in [5.41, 5.74) is 0.0268. The van der Waals surface area contributed by atoms with E-state index in [1.54, 1.807) is 12.1 Å². The molecule has 1 spiro atoms. The number of guanidine groups is 1. The van der Waals surface area contributed by atoms with Gasteiger partial charge in [-0.25, -0.2) is 0 Å². The maximum atomic E-state index is 11.9. The molecular formula is C18H27N5O3. The number of nitrogens with zero attached hydrogens (tertiary/aromatic N) is 2. The smallest absolute Gasteiger partial charge is 0.287 e. The fourth-order valence-electron chi connectivity index (χ4n) is 3.68. The molecule has 2 aliphatic rings. The molecule has 1 unspecified atom stereocenters. The van der Waals surface area contributed by atoms with Gasteiger partial charge in [-0.15, -0.1) is 0 Å². The van der Waals surface area contributed by atoms with E-state index < -0.39 is 0 Å². The zero-order valence-corrected chi connectivity index (χ0v) is 15.2. The summed E-state index contributed by atoms with van der Waals surface area (Å²) >= 11 is 0. The van der Waals surface area contributed by atoms with Crippen LogP contribution in [0.4, 0.5) is 0 Å². The summed E-state index contributed by atoms with van der Waals surface area (Å²) in [4.78, 5) is 30.4. The van der Waals surface area contributed by atoms with Crippen molar-refractivity contribution in [1.82, 2.24) is 20.9 Å². The van der Waals surface area contributed by atoms with Crippen molar-refractivity contribution in [2.45, 2.75) is 26.2 Å². The van der Waals surface area contributed by atoms with Gasteiger partial charge in [0.2, 0.25) is 5.91 Å². The lowest BCUT2D eigenvalue weighted by atomic mass is 9.79. The van der Waals surface area contributed by atoms with E-state index in [0.717, 1.165) is 45.0 Å². The number of furan rings is 1. The van der Waals surface area contributed by atoms with Crippen molar-refractivity contribution in [3.63, 3.8) is 0 Å². The first kappa shape index (κ1) is 18.3. The van der Waals surface area contributed by atoms with Crippen LogP contribution < -0.4 is 16.0 Å². The van der Waals surface area contributed by atoms with Crippen LogP contribution in [0.15, 0.2) is 27.8 Å². The molecule has 2 fully saturated rings. The average Bonchev–Trinajstić information content (AvgIpc) is 3.28. The van der Waals surface area contributed by atoms with Crippen molar-refractivity contribution in [2.75, 3.05) is 39.3 Å². The summed E-state index contributed by atoms with van der Waals surface area (Å²) in [5.74, 6) is 1.06. The van der Waals surface area contributed by atoms with Gasteiger partial charge < -0.3 is 25.3 Å². The number of hydrogen-bond acceptors (Lipinski definition) is 4. The van der Waals surface area contributed by atoms with Crippen LogP contribution in [0.5, 0.6) is 0 Å². The standard InChI is InChI=1S/C18H27N5O3/c1-2-19-17(21-8-7-20-16(25)14-5-3-10-26-14)23-9-4-6-18(13-23)11-15(24)22-12-18/h3,5,10H,2,4,6-9,11-13H2,1H3,(H,19,21)(H,20,25)(H,22,24). The number of rotatable bonds is 5. The number of hydrogen-bond donors (Lipinski definition) is 3. The van der Waals surface area contributed by atoms with Gasteiger partial charge in [-0.1, -0.05) is 0 Å². The summed E-state index contributed by atoms with van der Waals surface area (Å²) in [7, 11) is 0. The minimum Gasteiger partial charge on any atom is -0.459 e. The van der Waals surface area contributed by atoms with Gasteiger partial charge in [-0.2, -0.15) is 0 Å². The molecule has 1 aromatic heterocycles. The summed E-state index contributed by atoms with van der Waals surface area (Å²) in [6.45, 7) is 6.24. The lowest BCUT2D eigenvalue weighted by Gasteiger charge is -2.40. The van der Waals surface area contributed by atoms with Crippen molar-refractivity contribution in [2.24, 2.45) is 10.4 Å². The minimum absolute atomic E-state index is 0.0268. The average molecular weight is 361 g/mol. The van der Waals surface area contributed by atoms with E-state index in [1.807, 2.05) is 6.92 Å². The Bertz CT molecular complexity index is 658. The number of likely N-dealkylation sites (tertiary alicyclic amines) is 1. The second-order valence-electron chi connectivity index (χ2n) is 6.95. The number of piperidine rings is 1. The summed E-state index contributed by atoms with van der Waals surface area (Å²) in [6.07, 6.45) is 4.20. The lowest BCUT2D eigenvalue weighted by molar-refractivity contribution is -0.119. The summed E-state index contributed by atoms with van der Waals surface area (Å²) in [5, 5.41) is 9.09. The first-order valence-electron chi connectivity index (χ1n) is 9.23. The molecule has 3 heterocycles. The fourth-order valence-corrected chi connectivity index (χ4v) is 3.68. The second kappa shape index (κ2) is 8.25. The molecule has 1 atom stereocenters. The molecule has 8 nitrogen and oxygen atoms in total. The molecule has 26 heavy (non-hydrogen) atoms. The molecule has 3 rings (SSSR count). The van der Waals surface area contributed by atoms with Gasteiger partial charge in [0.05, 0.1) is 12.8 Å². The molecule has 0 radical (unpaired) electrons. The second-order valence-corrected chi connectivity index (χ2v) is 6.95. The van der Waals surface area contributed by atoms with E-state index in [0.29, 0.717) is 25.3 Å². The van der Waals surface area contributed by atoms with E-state index in [-0.39, 0.29) is 17.2 Å². The Morgan fingerprint density at radius 2 is 2.35 bits per heavy atom. The van der Waals surface area contributed by atoms with Gasteiger partial charge in [-0.3, -0.25) is 14.6 Å². The van der Waals surface area contributed by atoms with Gasteiger partial charge in [0.15, 0.2) is 11.7 Å². The van der Waals surface area contributed by atoms with E-state index in [9.17, 15) is 9.59 Å². The van der Waals surface area contributed by atoms with Crippen LogP contribution in [-0.4, -0.2) is 61.9 Å². The highest BCUT2D eigenvalue weighted by atomic mass is 16.3. The zero-order valence-electron chi connectivity index (χ0n) is 15.2. The van der Waals surface area contributed by atoms with Crippen LogP contribution >= 0.6 is 0 Å². The van der Waals surface area contributed by atoms with Gasteiger partial charge in [-0.05, 0) is 31.9 Å². The van der Waals surface area contributed by atoms with Crippen LogP contribution in [0.25, 0.3) is 0 Å². The zero-order chi connectivity index (χ0) is 18.4. The molecule has 8 heteroatoms. The Kier molecular flexibility index (Phi) is 5.80. The fraction of sp³-hybridized carbons (Fsp3) is 0.611. The van der Waals surface area contributed by atoms with E-state index in [4.69, 9.17) is 4.42 Å². The molecule has 142 valence electrons. The number of nitrogens with one attached hydrogen (secondary N) is 3. The van der Waals surface area contributed by atoms with Crippen molar-refractivity contribution in [1.29, 1.82) is 0 Å². The monoisotopic (exact) mass is 361 g/mol. The van der Waals surface area contributed by atoms with Crippen LogP contribution in [0.2, 0.25) is 0 Å². The summed E-state index contributed by atoms with van der Waals surface area (Å²) < 4.78 is 5.07. The van der Waals surface area contributed by atoms with Gasteiger partial charge in [0.1, 0.15) is 0 Å².